The molecule has 0 bridgehead atoms. The van der Waals surface area contributed by atoms with Gasteiger partial charge in [-0.05, 0) is 24.6 Å². The van der Waals surface area contributed by atoms with Crippen LogP contribution in [0.25, 0.3) is 5.69 Å². The summed E-state index contributed by atoms with van der Waals surface area (Å²) >= 11 is 0. The van der Waals surface area contributed by atoms with Gasteiger partial charge in [0.15, 0.2) is 5.69 Å². The molecule has 0 unspecified atom stereocenters. The van der Waals surface area contributed by atoms with Crippen molar-refractivity contribution in [3.63, 3.8) is 0 Å². The van der Waals surface area contributed by atoms with E-state index in [1.54, 1.807) is 43.2 Å². The Kier molecular flexibility index (Phi) is 3.46. The summed E-state index contributed by atoms with van der Waals surface area (Å²) in [6, 6.07) is 7.02. The fourth-order valence-corrected chi connectivity index (χ4v) is 1.75. The van der Waals surface area contributed by atoms with Gasteiger partial charge in [-0.15, -0.1) is 0 Å². The van der Waals surface area contributed by atoms with E-state index in [-0.39, 0.29) is 5.91 Å². The van der Waals surface area contributed by atoms with Crippen LogP contribution < -0.4 is 0 Å². The molecule has 2 aromatic rings. The lowest BCUT2D eigenvalue weighted by atomic mass is 10.1. The summed E-state index contributed by atoms with van der Waals surface area (Å²) in [6.45, 7) is 1.93. The van der Waals surface area contributed by atoms with Crippen LogP contribution in [0, 0.1) is 6.92 Å². The Morgan fingerprint density at radius 3 is 2.68 bits per heavy atom. The van der Waals surface area contributed by atoms with Crippen molar-refractivity contribution in [2.75, 3.05) is 14.1 Å². The van der Waals surface area contributed by atoms with Crippen molar-refractivity contribution in [1.29, 1.82) is 0 Å². The van der Waals surface area contributed by atoms with E-state index in [4.69, 9.17) is 0 Å². The van der Waals surface area contributed by atoms with E-state index in [0.717, 1.165) is 17.5 Å². The molecule has 5 heteroatoms. The average Bonchev–Trinajstić information content (AvgIpc) is 2.87. The van der Waals surface area contributed by atoms with E-state index in [0.29, 0.717) is 11.3 Å². The fraction of sp³-hybridized carbons (Fsp3) is 0.214. The Morgan fingerprint density at radius 1 is 1.32 bits per heavy atom. The monoisotopic (exact) mass is 257 g/mol. The number of hydrogen-bond acceptors (Lipinski definition) is 3. The number of amides is 1. The normalized spacial score (nSPS) is 10.3. The minimum absolute atomic E-state index is 0.150. The van der Waals surface area contributed by atoms with Crippen LogP contribution in [-0.4, -0.2) is 41.0 Å². The van der Waals surface area contributed by atoms with Gasteiger partial charge >= 0.3 is 0 Å². The van der Waals surface area contributed by atoms with Gasteiger partial charge in [0.25, 0.3) is 5.91 Å². The zero-order valence-corrected chi connectivity index (χ0v) is 11.1. The van der Waals surface area contributed by atoms with Crippen molar-refractivity contribution in [2.24, 2.45) is 0 Å². The number of rotatable bonds is 3. The number of benzene rings is 1. The summed E-state index contributed by atoms with van der Waals surface area (Å²) in [5.74, 6) is -0.150. The first-order valence-electron chi connectivity index (χ1n) is 5.86. The third-order valence-corrected chi connectivity index (χ3v) is 2.83. The first-order chi connectivity index (χ1) is 9.02. The highest BCUT2D eigenvalue weighted by Gasteiger charge is 2.12. The molecule has 0 aliphatic rings. The molecule has 19 heavy (non-hydrogen) atoms. The van der Waals surface area contributed by atoms with Crippen LogP contribution in [0.15, 0.2) is 30.5 Å². The molecule has 0 radical (unpaired) electrons. The number of nitrogens with zero attached hydrogens (tertiary/aromatic N) is 3. The van der Waals surface area contributed by atoms with Crippen molar-refractivity contribution < 1.29 is 9.59 Å². The number of aldehydes is 1. The Hall–Kier alpha value is -2.43. The second-order valence-electron chi connectivity index (χ2n) is 4.51. The molecule has 1 amide bonds. The molecule has 0 atom stereocenters. The van der Waals surface area contributed by atoms with Gasteiger partial charge in [-0.3, -0.25) is 9.59 Å². The third kappa shape index (κ3) is 2.54. The van der Waals surface area contributed by atoms with Gasteiger partial charge in [-0.25, -0.2) is 4.68 Å². The summed E-state index contributed by atoms with van der Waals surface area (Å²) in [4.78, 5) is 24.1. The van der Waals surface area contributed by atoms with Crippen LogP contribution in [0.3, 0.4) is 0 Å². The zero-order chi connectivity index (χ0) is 14.0. The Bertz CT molecular complexity index is 629. The van der Waals surface area contributed by atoms with Gasteiger partial charge in [-0.2, -0.15) is 5.10 Å². The van der Waals surface area contributed by atoms with Gasteiger partial charge in [0.2, 0.25) is 0 Å². The predicted molar refractivity (Wildman–Crippen MR) is 71.7 cm³/mol. The molecule has 0 N–H and O–H groups in total. The largest absolute Gasteiger partial charge is 0.343 e. The molecular formula is C14H15N3O2. The first-order valence-corrected chi connectivity index (χ1v) is 5.86. The van der Waals surface area contributed by atoms with E-state index >= 15 is 0 Å². The van der Waals surface area contributed by atoms with E-state index in [1.807, 2.05) is 13.0 Å². The van der Waals surface area contributed by atoms with Gasteiger partial charge in [-0.1, -0.05) is 12.1 Å². The van der Waals surface area contributed by atoms with Crippen LogP contribution >= 0.6 is 0 Å². The summed E-state index contributed by atoms with van der Waals surface area (Å²) < 4.78 is 1.61. The molecule has 98 valence electrons. The summed E-state index contributed by atoms with van der Waals surface area (Å²) in [5, 5.41) is 4.25. The lowest BCUT2D eigenvalue weighted by Crippen LogP contribution is -2.22. The van der Waals surface area contributed by atoms with Crippen LogP contribution in [0.4, 0.5) is 0 Å². The fourth-order valence-electron chi connectivity index (χ4n) is 1.75. The molecule has 0 spiro atoms. The minimum atomic E-state index is -0.150. The molecule has 0 saturated heterocycles. The number of carbonyl (C=O) groups excluding carboxylic acids is 2. The van der Waals surface area contributed by atoms with Gasteiger partial charge in [0.05, 0.1) is 5.69 Å². The van der Waals surface area contributed by atoms with E-state index in [2.05, 4.69) is 5.10 Å². The lowest BCUT2D eigenvalue weighted by molar-refractivity contribution is 0.0821. The second-order valence-corrected chi connectivity index (χ2v) is 4.51. The molecule has 1 aromatic carbocycles. The Balaban J connectivity index is 2.43. The predicted octanol–water partition coefficient (Wildman–Crippen LogP) is 1.70. The summed E-state index contributed by atoms with van der Waals surface area (Å²) in [7, 11) is 3.36. The van der Waals surface area contributed by atoms with Crippen LogP contribution in [0.5, 0.6) is 0 Å². The van der Waals surface area contributed by atoms with E-state index in [9.17, 15) is 9.59 Å². The quantitative estimate of drug-likeness (QED) is 0.786. The molecule has 0 saturated carbocycles. The van der Waals surface area contributed by atoms with Crippen molar-refractivity contribution >= 4 is 12.2 Å². The number of aromatic nitrogens is 2. The topological polar surface area (TPSA) is 55.2 Å². The maximum Gasteiger partial charge on any atom is 0.273 e. The van der Waals surface area contributed by atoms with E-state index < -0.39 is 0 Å². The number of carbonyl (C=O) groups is 2. The number of hydrogen-bond donors (Lipinski definition) is 0. The van der Waals surface area contributed by atoms with Crippen LogP contribution in [-0.2, 0) is 0 Å². The van der Waals surface area contributed by atoms with Crippen LogP contribution in [0.1, 0.15) is 26.4 Å². The summed E-state index contributed by atoms with van der Waals surface area (Å²) in [6.07, 6.45) is 2.51. The van der Waals surface area contributed by atoms with Crippen molar-refractivity contribution in [2.45, 2.75) is 6.92 Å². The van der Waals surface area contributed by atoms with Crippen LogP contribution in [0.2, 0.25) is 0 Å². The lowest BCUT2D eigenvalue weighted by Gasteiger charge is -2.08. The highest BCUT2D eigenvalue weighted by Crippen LogP contribution is 2.15. The van der Waals surface area contributed by atoms with Crippen molar-refractivity contribution in [3.05, 3.63) is 47.3 Å². The average molecular weight is 257 g/mol. The maximum atomic E-state index is 11.8. The molecule has 0 aliphatic carbocycles. The van der Waals surface area contributed by atoms with Gasteiger partial charge in [0, 0.05) is 25.9 Å². The zero-order valence-electron chi connectivity index (χ0n) is 11.1. The molecular weight excluding hydrogens is 242 g/mol. The SMILES string of the molecule is Cc1ccc(C=O)cc1-n1ccc(C(=O)N(C)C)n1. The molecule has 1 aromatic heterocycles. The van der Waals surface area contributed by atoms with E-state index in [1.165, 1.54) is 4.90 Å². The second kappa shape index (κ2) is 5.06. The van der Waals surface area contributed by atoms with Crippen molar-refractivity contribution in [3.8, 4) is 5.69 Å². The van der Waals surface area contributed by atoms with Gasteiger partial charge < -0.3 is 4.90 Å². The molecule has 0 fully saturated rings. The molecule has 1 heterocycles. The first kappa shape index (κ1) is 13.0. The smallest absolute Gasteiger partial charge is 0.273 e. The highest BCUT2D eigenvalue weighted by atomic mass is 16.2. The Morgan fingerprint density at radius 2 is 2.05 bits per heavy atom. The standard InChI is InChI=1S/C14H15N3O2/c1-10-4-5-11(9-18)8-13(10)17-7-6-12(15-17)14(19)16(2)3/h4-9H,1-3H3. The molecule has 0 aliphatic heterocycles. The highest BCUT2D eigenvalue weighted by molar-refractivity contribution is 5.91. The van der Waals surface area contributed by atoms with Gasteiger partial charge in [0.1, 0.15) is 6.29 Å². The minimum Gasteiger partial charge on any atom is -0.343 e. The maximum absolute atomic E-state index is 11.8. The van der Waals surface area contributed by atoms with Crippen molar-refractivity contribution in [1.82, 2.24) is 14.7 Å². The summed E-state index contributed by atoms with van der Waals surface area (Å²) in [5.41, 5.74) is 2.73. The third-order valence-electron chi connectivity index (χ3n) is 2.83. The number of aryl methyl sites for hydroxylation is 1. The Labute approximate surface area is 111 Å². The molecule has 5 nitrogen and oxygen atoms in total. The molecule has 2 rings (SSSR count).